The Labute approximate surface area is 152 Å². The van der Waals surface area contributed by atoms with Gasteiger partial charge >= 0.3 is 0 Å². The van der Waals surface area contributed by atoms with E-state index in [4.69, 9.17) is 0 Å². The number of carbonyl (C=O) groups is 1. The van der Waals surface area contributed by atoms with Crippen molar-refractivity contribution in [1.82, 2.24) is 4.98 Å². The molecule has 2 aliphatic rings. The Hall–Kier alpha value is -2.33. The number of allylic oxidation sites excluding steroid dienone is 1. The fourth-order valence-electron chi connectivity index (χ4n) is 4.40. The summed E-state index contributed by atoms with van der Waals surface area (Å²) < 4.78 is 13.3. The zero-order chi connectivity index (χ0) is 18.1. The Balaban J connectivity index is 1.48. The number of halogens is 1. The summed E-state index contributed by atoms with van der Waals surface area (Å²) in [6, 6.07) is 10.2. The molecule has 26 heavy (non-hydrogen) atoms. The monoisotopic (exact) mass is 351 g/mol. The molecule has 134 valence electrons. The van der Waals surface area contributed by atoms with Crippen molar-refractivity contribution >= 4 is 11.9 Å². The number of nitrogens with zero attached hydrogens (tertiary/aromatic N) is 1. The number of hydrogen-bond acceptors (Lipinski definition) is 3. The molecule has 0 amide bonds. The first-order valence-corrected chi connectivity index (χ1v) is 9.21. The standard InChI is InChI=1S/C22H22FNO2/c23-17-3-1-2-14(10-17)15-4-5-18(24-13-15)6-8-21-20-9-7-19(25)11-16(20)12-22(21)26/h1-6,8,10,13,16,19-21,25H,7,9,11-12H2/b8-6+/t16-,19+,20+,21-/m0/s1. The smallest absolute Gasteiger partial charge is 0.140 e. The van der Waals surface area contributed by atoms with Crippen LogP contribution in [0.3, 0.4) is 0 Å². The second-order valence-corrected chi connectivity index (χ2v) is 7.43. The highest BCUT2D eigenvalue weighted by atomic mass is 19.1. The van der Waals surface area contributed by atoms with Gasteiger partial charge in [0.25, 0.3) is 0 Å². The van der Waals surface area contributed by atoms with Gasteiger partial charge in [-0.2, -0.15) is 0 Å². The molecule has 2 aliphatic carbocycles. The molecule has 1 aromatic carbocycles. The average molecular weight is 351 g/mol. The van der Waals surface area contributed by atoms with Gasteiger partial charge in [-0.15, -0.1) is 0 Å². The fourth-order valence-corrected chi connectivity index (χ4v) is 4.40. The van der Waals surface area contributed by atoms with Crippen molar-refractivity contribution in [2.24, 2.45) is 17.8 Å². The van der Waals surface area contributed by atoms with Crippen LogP contribution in [0.1, 0.15) is 31.4 Å². The summed E-state index contributed by atoms with van der Waals surface area (Å²) >= 11 is 0. The van der Waals surface area contributed by atoms with E-state index in [9.17, 15) is 14.3 Å². The number of rotatable bonds is 3. The molecule has 0 bridgehead atoms. The lowest BCUT2D eigenvalue weighted by Gasteiger charge is -2.30. The van der Waals surface area contributed by atoms with Crippen molar-refractivity contribution in [1.29, 1.82) is 0 Å². The summed E-state index contributed by atoms with van der Waals surface area (Å²) in [5.74, 6) is 0.634. The van der Waals surface area contributed by atoms with Crippen LogP contribution in [0.4, 0.5) is 4.39 Å². The third-order valence-electron chi connectivity index (χ3n) is 5.73. The number of hydrogen-bond donors (Lipinski definition) is 1. The third-order valence-corrected chi connectivity index (χ3v) is 5.73. The number of aliphatic hydroxyl groups excluding tert-OH is 1. The van der Waals surface area contributed by atoms with Gasteiger partial charge in [-0.25, -0.2) is 4.39 Å². The van der Waals surface area contributed by atoms with Crippen LogP contribution in [-0.2, 0) is 4.79 Å². The van der Waals surface area contributed by atoms with Gasteiger partial charge in [0.2, 0.25) is 0 Å². The molecule has 0 spiro atoms. The Morgan fingerprint density at radius 1 is 1.15 bits per heavy atom. The Morgan fingerprint density at radius 2 is 2.04 bits per heavy atom. The van der Waals surface area contributed by atoms with E-state index in [1.54, 1.807) is 12.3 Å². The Kier molecular flexibility index (Phi) is 4.68. The van der Waals surface area contributed by atoms with Gasteiger partial charge in [0.1, 0.15) is 11.6 Å². The molecule has 2 fully saturated rings. The van der Waals surface area contributed by atoms with Crippen molar-refractivity contribution in [2.75, 3.05) is 0 Å². The van der Waals surface area contributed by atoms with Crippen LogP contribution in [0.15, 0.2) is 48.7 Å². The number of carbonyl (C=O) groups excluding carboxylic acids is 1. The summed E-state index contributed by atoms with van der Waals surface area (Å²) in [4.78, 5) is 16.8. The molecular formula is C22H22FNO2. The molecule has 4 atom stereocenters. The maximum atomic E-state index is 13.3. The molecule has 0 saturated heterocycles. The van der Waals surface area contributed by atoms with Crippen LogP contribution >= 0.6 is 0 Å². The maximum Gasteiger partial charge on any atom is 0.140 e. The third kappa shape index (κ3) is 3.47. The number of Topliss-reactive ketones (excluding diaryl/α,β-unsaturated/α-hetero) is 1. The topological polar surface area (TPSA) is 50.2 Å². The van der Waals surface area contributed by atoms with E-state index < -0.39 is 0 Å². The van der Waals surface area contributed by atoms with E-state index in [1.807, 2.05) is 30.4 Å². The quantitative estimate of drug-likeness (QED) is 0.898. The van der Waals surface area contributed by atoms with E-state index >= 15 is 0 Å². The van der Waals surface area contributed by atoms with E-state index in [-0.39, 0.29) is 23.6 Å². The van der Waals surface area contributed by atoms with Crippen molar-refractivity contribution in [2.45, 2.75) is 31.8 Å². The lowest BCUT2D eigenvalue weighted by Crippen LogP contribution is -2.26. The first-order valence-electron chi connectivity index (χ1n) is 9.21. The van der Waals surface area contributed by atoms with E-state index in [1.165, 1.54) is 12.1 Å². The highest BCUT2D eigenvalue weighted by Crippen LogP contribution is 2.44. The van der Waals surface area contributed by atoms with E-state index in [2.05, 4.69) is 4.98 Å². The van der Waals surface area contributed by atoms with Gasteiger partial charge in [-0.05, 0) is 60.9 Å². The van der Waals surface area contributed by atoms with Crippen molar-refractivity contribution in [3.05, 3.63) is 60.2 Å². The molecule has 1 N–H and O–H groups in total. The van der Waals surface area contributed by atoms with Gasteiger partial charge in [0.05, 0.1) is 11.8 Å². The van der Waals surface area contributed by atoms with Gasteiger partial charge in [0, 0.05) is 24.1 Å². The normalized spacial score (nSPS) is 28.5. The van der Waals surface area contributed by atoms with Gasteiger partial charge in [-0.1, -0.05) is 24.3 Å². The number of benzene rings is 1. The molecule has 0 radical (unpaired) electrons. The average Bonchev–Trinajstić information content (AvgIpc) is 2.94. The molecule has 0 aliphatic heterocycles. The first-order chi connectivity index (χ1) is 12.6. The molecule has 2 aromatic rings. The van der Waals surface area contributed by atoms with Crippen molar-refractivity contribution in [3.8, 4) is 11.1 Å². The highest BCUT2D eigenvalue weighted by molar-refractivity contribution is 5.86. The second-order valence-electron chi connectivity index (χ2n) is 7.43. The Bertz CT molecular complexity index is 830. The second kappa shape index (κ2) is 7.12. The lowest BCUT2D eigenvalue weighted by molar-refractivity contribution is -0.120. The van der Waals surface area contributed by atoms with Gasteiger partial charge in [0.15, 0.2) is 0 Å². The zero-order valence-corrected chi connectivity index (χ0v) is 14.5. The van der Waals surface area contributed by atoms with Crippen LogP contribution in [-0.4, -0.2) is 22.0 Å². The molecular weight excluding hydrogens is 329 g/mol. The van der Waals surface area contributed by atoms with Gasteiger partial charge < -0.3 is 5.11 Å². The van der Waals surface area contributed by atoms with Crippen LogP contribution in [0, 0.1) is 23.6 Å². The zero-order valence-electron chi connectivity index (χ0n) is 14.5. The molecule has 2 saturated carbocycles. The summed E-state index contributed by atoms with van der Waals surface area (Å²) in [7, 11) is 0. The molecule has 4 heteroatoms. The predicted molar refractivity (Wildman–Crippen MR) is 98.6 cm³/mol. The predicted octanol–water partition coefficient (Wildman–Crippen LogP) is 4.27. The van der Waals surface area contributed by atoms with Gasteiger partial charge in [-0.3, -0.25) is 9.78 Å². The van der Waals surface area contributed by atoms with Crippen molar-refractivity contribution < 1.29 is 14.3 Å². The summed E-state index contributed by atoms with van der Waals surface area (Å²) in [6.45, 7) is 0. The number of aliphatic hydroxyl groups is 1. The minimum absolute atomic E-state index is 0.0582. The fraction of sp³-hybridized carbons (Fsp3) is 0.364. The molecule has 0 unspecified atom stereocenters. The van der Waals surface area contributed by atoms with Crippen LogP contribution in [0.2, 0.25) is 0 Å². The van der Waals surface area contributed by atoms with E-state index in [0.717, 1.165) is 36.1 Å². The number of ketones is 1. The van der Waals surface area contributed by atoms with Crippen LogP contribution < -0.4 is 0 Å². The molecule has 1 heterocycles. The minimum Gasteiger partial charge on any atom is -0.393 e. The SMILES string of the molecule is O=C1C[C@@H]2C[C@H](O)CC[C@H]2[C@@H]1/C=C/c1ccc(-c2cccc(F)c2)cn1. The summed E-state index contributed by atoms with van der Waals surface area (Å²) in [5.41, 5.74) is 2.44. The minimum atomic E-state index is -0.265. The number of pyridine rings is 1. The largest absolute Gasteiger partial charge is 0.393 e. The van der Waals surface area contributed by atoms with Crippen LogP contribution in [0.25, 0.3) is 17.2 Å². The first kappa shape index (κ1) is 17.1. The van der Waals surface area contributed by atoms with Crippen molar-refractivity contribution in [3.63, 3.8) is 0 Å². The molecule has 1 aromatic heterocycles. The Morgan fingerprint density at radius 3 is 2.81 bits per heavy atom. The summed E-state index contributed by atoms with van der Waals surface area (Å²) in [6.07, 6.45) is 8.41. The van der Waals surface area contributed by atoms with E-state index in [0.29, 0.717) is 18.3 Å². The number of fused-ring (bicyclic) bond motifs is 1. The molecule has 4 rings (SSSR count). The maximum absolute atomic E-state index is 13.3. The molecule has 3 nitrogen and oxygen atoms in total. The highest BCUT2D eigenvalue weighted by Gasteiger charge is 2.43. The summed E-state index contributed by atoms with van der Waals surface area (Å²) in [5, 5.41) is 9.81. The lowest BCUT2D eigenvalue weighted by atomic mass is 9.77. The number of aromatic nitrogens is 1. The van der Waals surface area contributed by atoms with Crippen LogP contribution in [0.5, 0.6) is 0 Å².